The van der Waals surface area contributed by atoms with E-state index >= 15 is 0 Å². The number of benzene rings is 3. The highest BCUT2D eigenvalue weighted by Gasteiger charge is 2.12. The van der Waals surface area contributed by atoms with Gasteiger partial charge in [0.15, 0.2) is 0 Å². The van der Waals surface area contributed by atoms with Crippen molar-refractivity contribution >= 4 is 17.1 Å². The number of rotatable bonds is 15. The van der Waals surface area contributed by atoms with Gasteiger partial charge in [0.1, 0.15) is 0 Å². The Labute approximate surface area is 206 Å². The Hall–Kier alpha value is -2.62. The van der Waals surface area contributed by atoms with Crippen LogP contribution in [0.4, 0.5) is 17.1 Å². The summed E-state index contributed by atoms with van der Waals surface area (Å²) in [5.41, 5.74) is 7.51. The number of aliphatic hydroxyl groups excluding tert-OH is 2. The molecule has 182 valence electrons. The van der Waals surface area contributed by atoms with Crippen molar-refractivity contribution in [2.24, 2.45) is 0 Å². The molecule has 0 unspecified atom stereocenters. The fraction of sp³-hybridized carbons (Fsp3) is 0.419. The molecule has 0 atom stereocenters. The minimum Gasteiger partial charge on any atom is -0.396 e. The van der Waals surface area contributed by atoms with Gasteiger partial charge in [0.05, 0.1) is 0 Å². The maximum absolute atomic E-state index is 8.94. The first-order valence-corrected chi connectivity index (χ1v) is 13.0. The smallest absolute Gasteiger partial charge is 0.0461 e. The summed E-state index contributed by atoms with van der Waals surface area (Å²) in [4.78, 5) is 2.33. The lowest BCUT2D eigenvalue weighted by atomic mass is 10.0. The lowest BCUT2D eigenvalue weighted by Crippen LogP contribution is -2.10. The van der Waals surface area contributed by atoms with Gasteiger partial charge in [0, 0.05) is 30.3 Å². The fourth-order valence-electron chi connectivity index (χ4n) is 4.35. The van der Waals surface area contributed by atoms with Gasteiger partial charge < -0.3 is 15.1 Å². The summed E-state index contributed by atoms with van der Waals surface area (Å²) in [6.45, 7) is 2.73. The van der Waals surface area contributed by atoms with Crippen LogP contribution in [0.5, 0.6) is 0 Å². The van der Waals surface area contributed by atoms with E-state index in [9.17, 15) is 0 Å². The Morgan fingerprint density at radius 2 is 0.824 bits per heavy atom. The molecular formula is C31H41NO2. The quantitative estimate of drug-likeness (QED) is 0.229. The summed E-state index contributed by atoms with van der Waals surface area (Å²) in [5.74, 6) is 0. The summed E-state index contributed by atoms with van der Waals surface area (Å²) in [7, 11) is 0. The van der Waals surface area contributed by atoms with E-state index in [1.807, 2.05) is 0 Å². The zero-order valence-corrected chi connectivity index (χ0v) is 20.8. The third kappa shape index (κ3) is 8.30. The highest BCUT2D eigenvalue weighted by molar-refractivity contribution is 5.76. The van der Waals surface area contributed by atoms with Crippen LogP contribution in [0.1, 0.15) is 68.1 Å². The molecule has 0 heterocycles. The molecule has 3 aromatic rings. The highest BCUT2D eigenvalue weighted by Crippen LogP contribution is 2.35. The van der Waals surface area contributed by atoms with Crippen molar-refractivity contribution in [1.82, 2.24) is 0 Å². The number of anilines is 3. The standard InChI is InChI=1S/C31H41NO2/c1-26-12-18-29(19-13-26)32(30-20-14-27(15-21-30)10-6-2-4-8-24-33)31-22-16-28(17-23-31)11-7-3-5-9-25-34/h12-23,33-34H,2-11,24-25H2,1H3. The first-order valence-electron chi connectivity index (χ1n) is 13.0. The molecule has 3 rings (SSSR count). The predicted octanol–water partition coefficient (Wildman–Crippen LogP) is 7.66. The van der Waals surface area contributed by atoms with Crippen molar-refractivity contribution in [2.45, 2.75) is 71.1 Å². The molecule has 3 aromatic carbocycles. The van der Waals surface area contributed by atoms with Crippen LogP contribution in [0.15, 0.2) is 72.8 Å². The van der Waals surface area contributed by atoms with Crippen LogP contribution < -0.4 is 4.90 Å². The second-order valence-electron chi connectivity index (χ2n) is 9.28. The minimum absolute atomic E-state index is 0.301. The molecule has 3 nitrogen and oxygen atoms in total. The third-order valence-electron chi connectivity index (χ3n) is 6.43. The molecule has 2 N–H and O–H groups in total. The second-order valence-corrected chi connectivity index (χ2v) is 9.28. The van der Waals surface area contributed by atoms with E-state index in [1.165, 1.54) is 59.4 Å². The van der Waals surface area contributed by atoms with Crippen molar-refractivity contribution in [2.75, 3.05) is 18.1 Å². The first kappa shape index (κ1) is 26.0. The average Bonchev–Trinajstić information content (AvgIpc) is 2.87. The molecular weight excluding hydrogens is 418 g/mol. The fourth-order valence-corrected chi connectivity index (χ4v) is 4.35. The van der Waals surface area contributed by atoms with Gasteiger partial charge in [-0.15, -0.1) is 0 Å². The van der Waals surface area contributed by atoms with Gasteiger partial charge in [-0.25, -0.2) is 0 Å². The average molecular weight is 460 g/mol. The molecule has 0 amide bonds. The van der Waals surface area contributed by atoms with Crippen molar-refractivity contribution in [3.05, 3.63) is 89.5 Å². The second kappa shape index (κ2) is 14.6. The van der Waals surface area contributed by atoms with Gasteiger partial charge in [-0.1, -0.05) is 67.6 Å². The van der Waals surface area contributed by atoms with E-state index in [-0.39, 0.29) is 0 Å². The lowest BCUT2D eigenvalue weighted by molar-refractivity contribution is 0.282. The molecule has 0 bridgehead atoms. The lowest BCUT2D eigenvalue weighted by Gasteiger charge is -2.26. The van der Waals surface area contributed by atoms with E-state index in [1.54, 1.807) is 0 Å². The Balaban J connectivity index is 1.71. The molecule has 0 radical (unpaired) electrons. The van der Waals surface area contributed by atoms with Gasteiger partial charge in [-0.05, 0) is 93.0 Å². The van der Waals surface area contributed by atoms with E-state index in [0.29, 0.717) is 13.2 Å². The van der Waals surface area contributed by atoms with Gasteiger partial charge in [-0.2, -0.15) is 0 Å². The number of hydrogen-bond acceptors (Lipinski definition) is 3. The normalized spacial score (nSPS) is 11.0. The van der Waals surface area contributed by atoms with Gasteiger partial charge >= 0.3 is 0 Å². The number of aliphatic hydroxyl groups is 2. The zero-order chi connectivity index (χ0) is 24.0. The van der Waals surface area contributed by atoms with Crippen molar-refractivity contribution in [1.29, 1.82) is 0 Å². The number of nitrogens with zero attached hydrogens (tertiary/aromatic N) is 1. The van der Waals surface area contributed by atoms with Crippen LogP contribution in [-0.4, -0.2) is 23.4 Å². The molecule has 0 aromatic heterocycles. The summed E-state index contributed by atoms with van der Waals surface area (Å²) < 4.78 is 0. The third-order valence-corrected chi connectivity index (χ3v) is 6.43. The molecule has 0 aliphatic carbocycles. The number of hydrogen-bond donors (Lipinski definition) is 2. The molecule has 0 spiro atoms. The van der Waals surface area contributed by atoms with Gasteiger partial charge in [0.25, 0.3) is 0 Å². The van der Waals surface area contributed by atoms with Crippen LogP contribution in [0.2, 0.25) is 0 Å². The summed E-state index contributed by atoms with van der Waals surface area (Å²) >= 11 is 0. The molecule has 0 aliphatic rings. The SMILES string of the molecule is Cc1ccc(N(c2ccc(CCCCCCO)cc2)c2ccc(CCCCCCO)cc2)cc1. The summed E-state index contributed by atoms with van der Waals surface area (Å²) in [6, 6.07) is 26.7. The van der Waals surface area contributed by atoms with E-state index in [4.69, 9.17) is 10.2 Å². The molecule has 0 aliphatic heterocycles. The molecule has 0 saturated carbocycles. The van der Waals surface area contributed by atoms with Gasteiger partial charge in [0.2, 0.25) is 0 Å². The van der Waals surface area contributed by atoms with Crippen LogP contribution in [0.25, 0.3) is 0 Å². The predicted molar refractivity (Wildman–Crippen MR) is 144 cm³/mol. The maximum atomic E-state index is 8.94. The highest BCUT2D eigenvalue weighted by atomic mass is 16.3. The maximum Gasteiger partial charge on any atom is 0.0461 e. The molecule has 0 fully saturated rings. The van der Waals surface area contributed by atoms with Gasteiger partial charge in [-0.3, -0.25) is 0 Å². The van der Waals surface area contributed by atoms with Crippen molar-refractivity contribution in [3.8, 4) is 0 Å². The van der Waals surface area contributed by atoms with Crippen molar-refractivity contribution in [3.63, 3.8) is 0 Å². The topological polar surface area (TPSA) is 43.7 Å². The Morgan fingerprint density at radius 3 is 1.21 bits per heavy atom. The number of unbranched alkanes of at least 4 members (excludes halogenated alkanes) is 6. The first-order chi connectivity index (χ1) is 16.7. The number of aryl methyl sites for hydroxylation is 3. The molecule has 0 saturated heterocycles. The van der Waals surface area contributed by atoms with E-state index in [0.717, 1.165) is 38.5 Å². The largest absolute Gasteiger partial charge is 0.396 e. The van der Waals surface area contributed by atoms with E-state index < -0.39 is 0 Å². The Kier molecular flexibility index (Phi) is 11.2. The van der Waals surface area contributed by atoms with E-state index in [2.05, 4.69) is 84.6 Å². The zero-order valence-electron chi connectivity index (χ0n) is 20.8. The van der Waals surface area contributed by atoms with Crippen LogP contribution in [0.3, 0.4) is 0 Å². The Morgan fingerprint density at radius 1 is 0.471 bits per heavy atom. The van der Waals surface area contributed by atoms with Crippen LogP contribution in [-0.2, 0) is 12.8 Å². The molecule has 34 heavy (non-hydrogen) atoms. The van der Waals surface area contributed by atoms with Crippen molar-refractivity contribution < 1.29 is 10.2 Å². The monoisotopic (exact) mass is 459 g/mol. The Bertz CT molecular complexity index is 875. The summed E-state index contributed by atoms with van der Waals surface area (Å²) in [6.07, 6.45) is 10.9. The van der Waals surface area contributed by atoms with Crippen LogP contribution >= 0.6 is 0 Å². The molecule has 3 heteroatoms. The van der Waals surface area contributed by atoms with Crippen LogP contribution in [0, 0.1) is 6.92 Å². The minimum atomic E-state index is 0.301. The summed E-state index contributed by atoms with van der Waals surface area (Å²) in [5, 5.41) is 17.9.